The third kappa shape index (κ3) is 4.52. The molecule has 0 spiro atoms. The van der Waals surface area contributed by atoms with Crippen LogP contribution in [-0.4, -0.2) is 64.0 Å². The number of ether oxygens (including phenoxy) is 2. The topological polar surface area (TPSA) is 95.5 Å². The van der Waals surface area contributed by atoms with Gasteiger partial charge in [0, 0.05) is 18.5 Å². The zero-order valence-electron chi connectivity index (χ0n) is 17.8. The lowest BCUT2D eigenvalue weighted by molar-refractivity contribution is 0.0299. The summed E-state index contributed by atoms with van der Waals surface area (Å²) in [4.78, 5) is 19.0. The van der Waals surface area contributed by atoms with Crippen molar-refractivity contribution in [2.75, 3.05) is 33.4 Å². The van der Waals surface area contributed by atoms with E-state index in [1.807, 2.05) is 46.3 Å². The molecule has 1 amide bonds. The van der Waals surface area contributed by atoms with E-state index in [1.54, 1.807) is 18.3 Å². The standard InChI is InChI=1S/C22H21N5O4S2/c1-29-17-6-3-2-5-16(17)27-20(18-7-4-10-31-18)24-25-22(27)33-14-19-23-15(13-32-19)21(28)26-8-11-30-12-9-26/h2-7,10,13H,8-9,11-12,14H2,1H3. The Kier molecular flexibility index (Phi) is 6.42. The van der Waals surface area contributed by atoms with E-state index in [0.29, 0.717) is 60.2 Å². The molecule has 9 nitrogen and oxygen atoms in total. The molecule has 1 saturated heterocycles. The number of benzene rings is 1. The predicted octanol–water partition coefficient (Wildman–Crippen LogP) is 3.76. The third-order valence-corrected chi connectivity index (χ3v) is 7.07. The van der Waals surface area contributed by atoms with Gasteiger partial charge >= 0.3 is 0 Å². The Bertz CT molecular complexity index is 1230. The second-order valence-corrected chi connectivity index (χ2v) is 9.00. The average Bonchev–Trinajstić information content (AvgIpc) is 3.63. The summed E-state index contributed by atoms with van der Waals surface area (Å²) in [5, 5.41) is 12.1. The number of methoxy groups -OCH3 is 1. The molecule has 1 aliphatic heterocycles. The zero-order valence-corrected chi connectivity index (χ0v) is 19.5. The number of aromatic nitrogens is 4. The van der Waals surface area contributed by atoms with Crippen molar-refractivity contribution in [3.63, 3.8) is 0 Å². The Hall–Kier alpha value is -3.15. The van der Waals surface area contributed by atoms with Gasteiger partial charge in [-0.05, 0) is 24.3 Å². The number of rotatable bonds is 7. The molecule has 3 aromatic heterocycles. The van der Waals surface area contributed by atoms with E-state index < -0.39 is 0 Å². The first-order valence-corrected chi connectivity index (χ1v) is 12.2. The van der Waals surface area contributed by atoms with Gasteiger partial charge in [-0.2, -0.15) is 0 Å². The minimum atomic E-state index is -0.0527. The fourth-order valence-electron chi connectivity index (χ4n) is 3.49. The minimum Gasteiger partial charge on any atom is -0.495 e. The highest BCUT2D eigenvalue weighted by atomic mass is 32.2. The number of amides is 1. The summed E-state index contributed by atoms with van der Waals surface area (Å²) in [6.07, 6.45) is 1.60. The van der Waals surface area contributed by atoms with E-state index in [4.69, 9.17) is 13.9 Å². The van der Waals surface area contributed by atoms with Crippen LogP contribution < -0.4 is 4.74 Å². The summed E-state index contributed by atoms with van der Waals surface area (Å²) in [7, 11) is 1.63. The number of thioether (sulfide) groups is 1. The van der Waals surface area contributed by atoms with Crippen LogP contribution in [-0.2, 0) is 10.5 Å². The van der Waals surface area contributed by atoms with Crippen LogP contribution in [0.5, 0.6) is 5.75 Å². The Labute approximate surface area is 198 Å². The molecule has 4 heterocycles. The summed E-state index contributed by atoms with van der Waals surface area (Å²) in [6.45, 7) is 2.32. The molecular formula is C22H21N5O4S2. The first-order valence-electron chi connectivity index (χ1n) is 10.3. The smallest absolute Gasteiger partial charge is 0.273 e. The van der Waals surface area contributed by atoms with Crippen molar-refractivity contribution in [1.29, 1.82) is 0 Å². The van der Waals surface area contributed by atoms with Gasteiger partial charge < -0.3 is 18.8 Å². The van der Waals surface area contributed by atoms with Gasteiger partial charge in [-0.3, -0.25) is 9.36 Å². The number of hydrogen-bond donors (Lipinski definition) is 0. The van der Waals surface area contributed by atoms with Crippen molar-refractivity contribution in [2.45, 2.75) is 10.9 Å². The van der Waals surface area contributed by atoms with E-state index in [1.165, 1.54) is 23.1 Å². The number of hydrogen-bond acceptors (Lipinski definition) is 9. The van der Waals surface area contributed by atoms with Crippen LogP contribution in [0.4, 0.5) is 0 Å². The van der Waals surface area contributed by atoms with Crippen LogP contribution in [0.1, 0.15) is 15.5 Å². The van der Waals surface area contributed by atoms with Gasteiger partial charge in [0.05, 0.1) is 38.0 Å². The molecule has 5 rings (SSSR count). The van der Waals surface area contributed by atoms with Crippen LogP contribution in [0, 0.1) is 0 Å². The van der Waals surface area contributed by atoms with Crippen LogP contribution in [0.3, 0.4) is 0 Å². The predicted molar refractivity (Wildman–Crippen MR) is 124 cm³/mol. The van der Waals surface area contributed by atoms with Gasteiger partial charge in [-0.25, -0.2) is 4.98 Å². The lowest BCUT2D eigenvalue weighted by Crippen LogP contribution is -2.40. The van der Waals surface area contributed by atoms with Gasteiger partial charge in [-0.15, -0.1) is 21.5 Å². The molecule has 0 aliphatic carbocycles. The largest absolute Gasteiger partial charge is 0.495 e. The maximum Gasteiger partial charge on any atom is 0.273 e. The highest BCUT2D eigenvalue weighted by Crippen LogP contribution is 2.34. The summed E-state index contributed by atoms with van der Waals surface area (Å²) in [5.74, 6) is 2.37. The maximum atomic E-state index is 12.7. The minimum absolute atomic E-state index is 0.0527. The highest BCUT2D eigenvalue weighted by molar-refractivity contribution is 7.98. The van der Waals surface area contributed by atoms with E-state index in [0.717, 1.165) is 10.7 Å². The average molecular weight is 484 g/mol. The first-order chi connectivity index (χ1) is 16.2. The molecule has 33 heavy (non-hydrogen) atoms. The van der Waals surface area contributed by atoms with Crippen molar-refractivity contribution in [3.8, 4) is 23.0 Å². The molecule has 1 aromatic carbocycles. The first kappa shape index (κ1) is 21.7. The van der Waals surface area contributed by atoms with Crippen molar-refractivity contribution in [1.82, 2.24) is 24.6 Å². The number of thiazole rings is 1. The van der Waals surface area contributed by atoms with E-state index in [2.05, 4.69) is 15.2 Å². The number of morpholine rings is 1. The number of nitrogens with zero attached hydrogens (tertiary/aromatic N) is 5. The van der Waals surface area contributed by atoms with E-state index in [-0.39, 0.29) is 5.91 Å². The molecule has 0 unspecified atom stereocenters. The second kappa shape index (κ2) is 9.77. The molecule has 0 bridgehead atoms. The second-order valence-electron chi connectivity index (χ2n) is 7.11. The summed E-state index contributed by atoms with van der Waals surface area (Å²) in [5.41, 5.74) is 1.28. The maximum absolute atomic E-state index is 12.7. The Morgan fingerprint density at radius 2 is 2.03 bits per heavy atom. The fourth-order valence-corrected chi connectivity index (χ4v) is 5.22. The van der Waals surface area contributed by atoms with Crippen LogP contribution in [0.25, 0.3) is 17.3 Å². The van der Waals surface area contributed by atoms with Gasteiger partial charge in [-0.1, -0.05) is 23.9 Å². The molecule has 170 valence electrons. The van der Waals surface area contributed by atoms with Gasteiger partial charge in [0.25, 0.3) is 5.91 Å². The number of carbonyl (C=O) groups excluding carboxylic acids is 1. The SMILES string of the molecule is COc1ccccc1-n1c(SCc2nc(C(=O)N3CCOCC3)cs2)nnc1-c1ccco1. The number of para-hydroxylation sites is 2. The Balaban J connectivity index is 1.39. The monoisotopic (exact) mass is 483 g/mol. The molecule has 4 aromatic rings. The van der Waals surface area contributed by atoms with Crippen molar-refractivity contribution >= 4 is 29.0 Å². The fraction of sp³-hybridized carbons (Fsp3) is 0.273. The Morgan fingerprint density at radius 3 is 2.82 bits per heavy atom. The van der Waals surface area contributed by atoms with Crippen LogP contribution in [0.15, 0.2) is 57.6 Å². The van der Waals surface area contributed by atoms with Crippen molar-refractivity contribution < 1.29 is 18.7 Å². The Morgan fingerprint density at radius 1 is 1.18 bits per heavy atom. The summed E-state index contributed by atoms with van der Waals surface area (Å²) in [6, 6.07) is 11.3. The lowest BCUT2D eigenvalue weighted by atomic mass is 10.3. The van der Waals surface area contributed by atoms with Crippen molar-refractivity contribution in [3.05, 3.63) is 58.7 Å². The molecule has 11 heteroatoms. The van der Waals surface area contributed by atoms with E-state index in [9.17, 15) is 4.79 Å². The third-order valence-electron chi connectivity index (χ3n) is 5.09. The summed E-state index contributed by atoms with van der Waals surface area (Å²) < 4.78 is 18.4. The molecule has 0 radical (unpaired) electrons. The summed E-state index contributed by atoms with van der Waals surface area (Å²) >= 11 is 2.95. The number of furan rings is 1. The molecule has 0 saturated carbocycles. The lowest BCUT2D eigenvalue weighted by Gasteiger charge is -2.25. The molecular weight excluding hydrogens is 462 g/mol. The van der Waals surface area contributed by atoms with Gasteiger partial charge in [0.1, 0.15) is 16.5 Å². The molecule has 0 N–H and O–H groups in total. The zero-order chi connectivity index (χ0) is 22.6. The normalized spacial score (nSPS) is 13.9. The van der Waals surface area contributed by atoms with Gasteiger partial charge in [0.2, 0.25) is 5.82 Å². The van der Waals surface area contributed by atoms with E-state index >= 15 is 0 Å². The molecule has 1 aliphatic rings. The molecule has 1 fully saturated rings. The van der Waals surface area contributed by atoms with Crippen molar-refractivity contribution in [2.24, 2.45) is 0 Å². The quantitative estimate of drug-likeness (QED) is 0.367. The van der Waals surface area contributed by atoms with Crippen LogP contribution in [0.2, 0.25) is 0 Å². The molecule has 0 atom stereocenters. The van der Waals surface area contributed by atoms with Gasteiger partial charge in [0.15, 0.2) is 10.9 Å². The number of carbonyl (C=O) groups is 1. The van der Waals surface area contributed by atoms with Crippen LogP contribution >= 0.6 is 23.1 Å². The highest BCUT2D eigenvalue weighted by Gasteiger charge is 2.23.